The molecule has 1 aromatic carbocycles. The molecule has 2 atom stereocenters. The standard InChI is InChI=1S/C14H19NO5/c1-10(16)13-8-11(15(17)18)5-6-14(13)20-9-12-4-2-3-7-19-12/h5-6,8,10,12,16H,2-4,7,9H2,1H3. The summed E-state index contributed by atoms with van der Waals surface area (Å²) in [6.45, 7) is 2.71. The van der Waals surface area contributed by atoms with Crippen LogP contribution < -0.4 is 4.74 Å². The number of hydrogen-bond acceptors (Lipinski definition) is 5. The lowest BCUT2D eigenvalue weighted by molar-refractivity contribution is -0.385. The summed E-state index contributed by atoms with van der Waals surface area (Å²) in [4.78, 5) is 10.3. The van der Waals surface area contributed by atoms with E-state index in [9.17, 15) is 15.2 Å². The van der Waals surface area contributed by atoms with E-state index >= 15 is 0 Å². The summed E-state index contributed by atoms with van der Waals surface area (Å²) in [5.74, 6) is 0.472. The van der Waals surface area contributed by atoms with Gasteiger partial charge >= 0.3 is 0 Å². The topological polar surface area (TPSA) is 81.8 Å². The number of nitrogens with zero attached hydrogens (tertiary/aromatic N) is 1. The molecule has 1 aliphatic rings. The van der Waals surface area contributed by atoms with Crippen molar-refractivity contribution in [1.82, 2.24) is 0 Å². The van der Waals surface area contributed by atoms with E-state index in [1.165, 1.54) is 18.2 Å². The van der Waals surface area contributed by atoms with Crippen molar-refractivity contribution in [3.63, 3.8) is 0 Å². The maximum absolute atomic E-state index is 10.8. The fourth-order valence-electron chi connectivity index (χ4n) is 2.23. The van der Waals surface area contributed by atoms with E-state index in [1.54, 1.807) is 6.92 Å². The van der Waals surface area contributed by atoms with Crippen LogP contribution in [0.2, 0.25) is 0 Å². The Bertz CT molecular complexity index is 469. The third-order valence-corrected chi connectivity index (χ3v) is 3.35. The summed E-state index contributed by atoms with van der Waals surface area (Å²) >= 11 is 0. The van der Waals surface area contributed by atoms with Crippen LogP contribution in [0.15, 0.2) is 18.2 Å². The molecule has 0 radical (unpaired) electrons. The van der Waals surface area contributed by atoms with Crippen LogP contribution in [-0.2, 0) is 4.74 Å². The molecule has 1 heterocycles. The maximum atomic E-state index is 10.8. The van der Waals surface area contributed by atoms with E-state index < -0.39 is 11.0 Å². The first-order valence-corrected chi connectivity index (χ1v) is 6.78. The monoisotopic (exact) mass is 281 g/mol. The van der Waals surface area contributed by atoms with E-state index in [0.717, 1.165) is 25.9 Å². The van der Waals surface area contributed by atoms with Crippen molar-refractivity contribution in [2.45, 2.75) is 38.4 Å². The van der Waals surface area contributed by atoms with Gasteiger partial charge in [0.25, 0.3) is 5.69 Å². The van der Waals surface area contributed by atoms with Gasteiger partial charge in [-0.1, -0.05) is 0 Å². The highest BCUT2D eigenvalue weighted by atomic mass is 16.6. The van der Waals surface area contributed by atoms with Gasteiger partial charge in [0.2, 0.25) is 0 Å². The van der Waals surface area contributed by atoms with E-state index in [4.69, 9.17) is 9.47 Å². The van der Waals surface area contributed by atoms with Crippen LogP contribution in [0.4, 0.5) is 5.69 Å². The highest BCUT2D eigenvalue weighted by molar-refractivity contribution is 5.44. The zero-order valence-corrected chi connectivity index (χ0v) is 11.4. The Kier molecular flexibility index (Phi) is 4.92. The molecule has 1 saturated heterocycles. The van der Waals surface area contributed by atoms with Crippen LogP contribution in [-0.4, -0.2) is 29.3 Å². The van der Waals surface area contributed by atoms with Crippen molar-refractivity contribution in [1.29, 1.82) is 0 Å². The van der Waals surface area contributed by atoms with Gasteiger partial charge in [-0.15, -0.1) is 0 Å². The van der Waals surface area contributed by atoms with Crippen LogP contribution in [0, 0.1) is 10.1 Å². The first-order valence-electron chi connectivity index (χ1n) is 6.78. The maximum Gasteiger partial charge on any atom is 0.270 e. The Hall–Kier alpha value is -1.66. The number of nitro benzene ring substituents is 1. The number of ether oxygens (including phenoxy) is 2. The Morgan fingerprint density at radius 3 is 2.95 bits per heavy atom. The van der Waals surface area contributed by atoms with Gasteiger partial charge in [0.15, 0.2) is 0 Å². The summed E-state index contributed by atoms with van der Waals surface area (Å²) in [6.07, 6.45) is 2.39. The summed E-state index contributed by atoms with van der Waals surface area (Å²) in [7, 11) is 0. The first-order chi connectivity index (χ1) is 9.58. The summed E-state index contributed by atoms with van der Waals surface area (Å²) < 4.78 is 11.2. The van der Waals surface area contributed by atoms with E-state index in [1.807, 2.05) is 0 Å². The van der Waals surface area contributed by atoms with Gasteiger partial charge in [0.05, 0.1) is 17.1 Å². The van der Waals surface area contributed by atoms with Gasteiger partial charge in [-0.2, -0.15) is 0 Å². The lowest BCUT2D eigenvalue weighted by Gasteiger charge is -2.23. The highest BCUT2D eigenvalue weighted by Gasteiger charge is 2.18. The number of benzene rings is 1. The number of aliphatic hydroxyl groups is 1. The molecule has 6 nitrogen and oxygen atoms in total. The Morgan fingerprint density at radius 1 is 1.55 bits per heavy atom. The summed E-state index contributed by atoms with van der Waals surface area (Å²) in [5.41, 5.74) is 0.372. The molecule has 0 aromatic heterocycles. The van der Waals surface area contributed by atoms with E-state index in [0.29, 0.717) is 17.9 Å². The number of aliphatic hydroxyl groups excluding tert-OH is 1. The van der Waals surface area contributed by atoms with Crippen molar-refractivity contribution in [3.8, 4) is 5.75 Å². The van der Waals surface area contributed by atoms with E-state index in [2.05, 4.69) is 0 Å². The molecule has 6 heteroatoms. The molecule has 0 spiro atoms. The average Bonchev–Trinajstić information content (AvgIpc) is 2.45. The molecule has 0 saturated carbocycles. The minimum atomic E-state index is -0.822. The minimum Gasteiger partial charge on any atom is -0.490 e. The van der Waals surface area contributed by atoms with Crippen LogP contribution in [0.3, 0.4) is 0 Å². The number of non-ortho nitro benzene ring substituents is 1. The predicted octanol–water partition coefficient (Wildman–Crippen LogP) is 2.60. The van der Waals surface area contributed by atoms with Gasteiger partial charge in [-0.05, 0) is 32.3 Å². The molecule has 20 heavy (non-hydrogen) atoms. The number of hydrogen-bond donors (Lipinski definition) is 1. The molecule has 110 valence electrons. The summed E-state index contributed by atoms with van der Waals surface area (Å²) in [6, 6.07) is 4.26. The van der Waals surface area contributed by atoms with Gasteiger partial charge in [-0.3, -0.25) is 10.1 Å². The number of rotatable bonds is 5. The van der Waals surface area contributed by atoms with Crippen molar-refractivity contribution in [2.75, 3.05) is 13.2 Å². The Morgan fingerprint density at radius 2 is 2.35 bits per heavy atom. The summed E-state index contributed by atoms with van der Waals surface area (Å²) in [5, 5.41) is 20.5. The molecule has 1 fully saturated rings. The second-order valence-corrected chi connectivity index (χ2v) is 4.95. The molecule has 1 N–H and O–H groups in total. The molecule has 1 aromatic rings. The van der Waals surface area contributed by atoms with Gasteiger partial charge < -0.3 is 14.6 Å². The smallest absolute Gasteiger partial charge is 0.270 e. The second kappa shape index (κ2) is 6.67. The average molecular weight is 281 g/mol. The fourth-order valence-corrected chi connectivity index (χ4v) is 2.23. The molecule has 0 aliphatic carbocycles. The SMILES string of the molecule is CC(O)c1cc([N+](=O)[O-])ccc1OCC1CCCCO1. The normalized spacial score (nSPS) is 20.4. The molecular formula is C14H19NO5. The van der Waals surface area contributed by atoms with Gasteiger partial charge in [-0.25, -0.2) is 0 Å². The van der Waals surface area contributed by atoms with Crippen molar-refractivity contribution in [2.24, 2.45) is 0 Å². The Balaban J connectivity index is 2.07. The van der Waals surface area contributed by atoms with Crippen molar-refractivity contribution >= 4 is 5.69 Å². The zero-order chi connectivity index (χ0) is 14.5. The predicted molar refractivity (Wildman–Crippen MR) is 72.8 cm³/mol. The fraction of sp³-hybridized carbons (Fsp3) is 0.571. The van der Waals surface area contributed by atoms with E-state index in [-0.39, 0.29) is 11.8 Å². The lowest BCUT2D eigenvalue weighted by atomic mass is 10.1. The quantitative estimate of drug-likeness (QED) is 0.662. The van der Waals surface area contributed by atoms with Gasteiger partial charge in [0.1, 0.15) is 12.4 Å². The van der Waals surface area contributed by atoms with Crippen LogP contribution in [0.5, 0.6) is 5.75 Å². The third kappa shape index (κ3) is 3.68. The van der Waals surface area contributed by atoms with Crippen LogP contribution in [0.1, 0.15) is 37.9 Å². The molecular weight excluding hydrogens is 262 g/mol. The third-order valence-electron chi connectivity index (χ3n) is 3.35. The van der Waals surface area contributed by atoms with Crippen molar-refractivity contribution < 1.29 is 19.5 Å². The van der Waals surface area contributed by atoms with Gasteiger partial charge in [0, 0.05) is 24.3 Å². The molecule has 2 rings (SSSR count). The number of nitro groups is 1. The Labute approximate surface area is 117 Å². The lowest BCUT2D eigenvalue weighted by Crippen LogP contribution is -2.26. The highest BCUT2D eigenvalue weighted by Crippen LogP contribution is 2.29. The molecule has 1 aliphatic heterocycles. The molecule has 0 amide bonds. The van der Waals surface area contributed by atoms with Crippen LogP contribution >= 0.6 is 0 Å². The second-order valence-electron chi connectivity index (χ2n) is 4.95. The largest absolute Gasteiger partial charge is 0.490 e. The first kappa shape index (κ1) is 14.7. The van der Waals surface area contributed by atoms with Crippen molar-refractivity contribution in [3.05, 3.63) is 33.9 Å². The molecule has 0 bridgehead atoms. The molecule has 2 unspecified atom stereocenters. The van der Waals surface area contributed by atoms with Crippen LogP contribution in [0.25, 0.3) is 0 Å². The minimum absolute atomic E-state index is 0.0535. The zero-order valence-electron chi connectivity index (χ0n) is 11.4.